The van der Waals surface area contributed by atoms with Crippen molar-refractivity contribution in [3.8, 4) is 0 Å². The standard InChI is InChI=1S/C14H22ClN3O/c1-14(2,3)19-9-10-5-4-6-18(10)12-7-13(16)17-8-11(12)15/h7-8,10H,4-6,9H2,1-3H3,(H2,16,17)/t10-/m1/s1. The Morgan fingerprint density at radius 1 is 1.53 bits per heavy atom. The number of hydrogen-bond acceptors (Lipinski definition) is 4. The van der Waals surface area contributed by atoms with Crippen molar-refractivity contribution < 1.29 is 4.74 Å². The number of ether oxygens (including phenoxy) is 1. The van der Waals surface area contributed by atoms with E-state index < -0.39 is 0 Å². The Hall–Kier alpha value is -1.00. The number of aromatic nitrogens is 1. The van der Waals surface area contributed by atoms with Gasteiger partial charge in [0.1, 0.15) is 5.82 Å². The van der Waals surface area contributed by atoms with Gasteiger partial charge in [0.05, 0.1) is 29.0 Å². The Labute approximate surface area is 119 Å². The van der Waals surface area contributed by atoms with Crippen LogP contribution in [-0.2, 0) is 4.74 Å². The molecule has 1 aliphatic heterocycles. The van der Waals surface area contributed by atoms with Gasteiger partial charge in [-0.3, -0.25) is 0 Å². The van der Waals surface area contributed by atoms with E-state index in [1.54, 1.807) is 6.20 Å². The summed E-state index contributed by atoms with van der Waals surface area (Å²) in [5.74, 6) is 0.502. The van der Waals surface area contributed by atoms with Gasteiger partial charge in [0.2, 0.25) is 0 Å². The van der Waals surface area contributed by atoms with Crippen LogP contribution in [0.25, 0.3) is 0 Å². The first-order valence-electron chi connectivity index (χ1n) is 6.68. The highest BCUT2D eigenvalue weighted by molar-refractivity contribution is 6.33. The highest BCUT2D eigenvalue weighted by Crippen LogP contribution is 2.32. The third-order valence-corrected chi connectivity index (χ3v) is 3.54. The molecule has 0 amide bonds. The van der Waals surface area contributed by atoms with Crippen molar-refractivity contribution in [2.45, 2.75) is 45.3 Å². The average Bonchev–Trinajstić information content (AvgIpc) is 2.77. The first-order valence-corrected chi connectivity index (χ1v) is 7.06. The van der Waals surface area contributed by atoms with E-state index >= 15 is 0 Å². The third-order valence-electron chi connectivity index (χ3n) is 3.25. The van der Waals surface area contributed by atoms with Crippen molar-refractivity contribution in [3.63, 3.8) is 0 Å². The summed E-state index contributed by atoms with van der Waals surface area (Å²) in [6.07, 6.45) is 3.89. The summed E-state index contributed by atoms with van der Waals surface area (Å²) in [7, 11) is 0. The lowest BCUT2D eigenvalue weighted by atomic mass is 10.1. The van der Waals surface area contributed by atoms with Crippen LogP contribution in [0.4, 0.5) is 11.5 Å². The fraction of sp³-hybridized carbons (Fsp3) is 0.643. The molecule has 106 valence electrons. The monoisotopic (exact) mass is 283 g/mol. The molecule has 0 bridgehead atoms. The lowest BCUT2D eigenvalue weighted by Crippen LogP contribution is -2.36. The summed E-state index contributed by atoms with van der Waals surface area (Å²) in [5.41, 5.74) is 6.61. The zero-order valence-electron chi connectivity index (χ0n) is 11.8. The van der Waals surface area contributed by atoms with Crippen molar-refractivity contribution in [1.29, 1.82) is 0 Å². The van der Waals surface area contributed by atoms with Crippen molar-refractivity contribution in [2.24, 2.45) is 0 Å². The molecule has 0 aliphatic carbocycles. The SMILES string of the molecule is CC(C)(C)OC[C@H]1CCCN1c1cc(N)ncc1Cl. The summed E-state index contributed by atoms with van der Waals surface area (Å²) < 4.78 is 5.90. The molecule has 19 heavy (non-hydrogen) atoms. The minimum Gasteiger partial charge on any atom is -0.384 e. The molecule has 1 aromatic rings. The molecule has 2 N–H and O–H groups in total. The molecule has 0 unspecified atom stereocenters. The van der Waals surface area contributed by atoms with Gasteiger partial charge in [-0.1, -0.05) is 11.6 Å². The van der Waals surface area contributed by atoms with Gasteiger partial charge in [0.15, 0.2) is 0 Å². The minimum absolute atomic E-state index is 0.116. The second-order valence-corrected chi connectivity index (χ2v) is 6.38. The Bertz CT molecular complexity index is 445. The van der Waals surface area contributed by atoms with Crippen LogP contribution in [0.5, 0.6) is 0 Å². The van der Waals surface area contributed by atoms with E-state index in [2.05, 4.69) is 30.7 Å². The molecule has 0 radical (unpaired) electrons. The number of pyridine rings is 1. The van der Waals surface area contributed by atoms with Crippen LogP contribution in [0.3, 0.4) is 0 Å². The van der Waals surface area contributed by atoms with Crippen molar-refractivity contribution in [2.75, 3.05) is 23.8 Å². The zero-order valence-corrected chi connectivity index (χ0v) is 12.6. The molecular formula is C14H22ClN3O. The average molecular weight is 284 g/mol. The second kappa shape index (κ2) is 5.55. The molecule has 0 aromatic carbocycles. The third kappa shape index (κ3) is 3.74. The van der Waals surface area contributed by atoms with E-state index in [0.29, 0.717) is 23.5 Å². The van der Waals surface area contributed by atoms with E-state index in [1.165, 1.54) is 0 Å². The molecule has 0 saturated carbocycles. The second-order valence-electron chi connectivity index (χ2n) is 5.97. The largest absolute Gasteiger partial charge is 0.384 e. The van der Waals surface area contributed by atoms with Gasteiger partial charge < -0.3 is 15.4 Å². The first-order chi connectivity index (χ1) is 8.87. The number of rotatable bonds is 3. The van der Waals surface area contributed by atoms with Gasteiger partial charge in [-0.15, -0.1) is 0 Å². The summed E-state index contributed by atoms with van der Waals surface area (Å²) in [4.78, 5) is 6.29. The smallest absolute Gasteiger partial charge is 0.125 e. The number of halogens is 1. The van der Waals surface area contributed by atoms with Gasteiger partial charge in [-0.05, 0) is 33.6 Å². The van der Waals surface area contributed by atoms with Crippen molar-refractivity contribution in [1.82, 2.24) is 4.98 Å². The summed E-state index contributed by atoms with van der Waals surface area (Å²) >= 11 is 6.23. The molecule has 2 heterocycles. The minimum atomic E-state index is -0.116. The van der Waals surface area contributed by atoms with E-state index in [1.807, 2.05) is 6.07 Å². The molecule has 1 atom stereocenters. The van der Waals surface area contributed by atoms with Crippen LogP contribution in [0.1, 0.15) is 33.6 Å². The zero-order chi connectivity index (χ0) is 14.0. The van der Waals surface area contributed by atoms with Gasteiger partial charge >= 0.3 is 0 Å². The molecular weight excluding hydrogens is 262 g/mol. The highest BCUT2D eigenvalue weighted by atomic mass is 35.5. The molecule has 1 aliphatic rings. The number of hydrogen-bond donors (Lipinski definition) is 1. The maximum absolute atomic E-state index is 6.23. The molecule has 0 spiro atoms. The maximum atomic E-state index is 6.23. The summed E-state index contributed by atoms with van der Waals surface area (Å²) in [6.45, 7) is 7.92. The van der Waals surface area contributed by atoms with Crippen LogP contribution in [-0.4, -0.2) is 29.8 Å². The van der Waals surface area contributed by atoms with Crippen LogP contribution in [0.2, 0.25) is 5.02 Å². The molecule has 2 rings (SSSR count). The van der Waals surface area contributed by atoms with Gasteiger partial charge in [-0.25, -0.2) is 4.98 Å². The highest BCUT2D eigenvalue weighted by Gasteiger charge is 2.28. The summed E-state index contributed by atoms with van der Waals surface area (Å²) in [5, 5.41) is 0.650. The van der Waals surface area contributed by atoms with E-state index in [9.17, 15) is 0 Å². The Kier molecular flexibility index (Phi) is 4.21. The normalized spacial score (nSPS) is 20.0. The Balaban J connectivity index is 2.12. The van der Waals surface area contributed by atoms with E-state index in [-0.39, 0.29) is 5.60 Å². The summed E-state index contributed by atoms with van der Waals surface area (Å²) in [6, 6.07) is 2.20. The van der Waals surface area contributed by atoms with E-state index in [4.69, 9.17) is 22.1 Å². The number of nitrogens with two attached hydrogens (primary N) is 1. The van der Waals surface area contributed by atoms with Crippen LogP contribution < -0.4 is 10.6 Å². The fourth-order valence-electron chi connectivity index (χ4n) is 2.34. The van der Waals surface area contributed by atoms with Crippen LogP contribution >= 0.6 is 11.6 Å². The van der Waals surface area contributed by atoms with Crippen molar-refractivity contribution in [3.05, 3.63) is 17.3 Å². The predicted molar refractivity (Wildman–Crippen MR) is 79.7 cm³/mol. The Morgan fingerprint density at radius 2 is 2.26 bits per heavy atom. The van der Waals surface area contributed by atoms with Crippen LogP contribution in [0, 0.1) is 0 Å². The first kappa shape index (κ1) is 14.4. The molecule has 1 aromatic heterocycles. The maximum Gasteiger partial charge on any atom is 0.125 e. The van der Waals surface area contributed by atoms with Gasteiger partial charge in [0.25, 0.3) is 0 Å². The van der Waals surface area contributed by atoms with Gasteiger partial charge in [0, 0.05) is 18.8 Å². The molecule has 5 heteroatoms. The molecule has 4 nitrogen and oxygen atoms in total. The lowest BCUT2D eigenvalue weighted by molar-refractivity contribution is -0.00934. The van der Waals surface area contributed by atoms with Crippen LogP contribution in [0.15, 0.2) is 12.3 Å². The number of nitrogen functional groups attached to an aromatic ring is 1. The fourth-order valence-corrected chi connectivity index (χ4v) is 2.55. The predicted octanol–water partition coefficient (Wildman–Crippen LogP) is 3.10. The van der Waals surface area contributed by atoms with E-state index in [0.717, 1.165) is 25.1 Å². The quantitative estimate of drug-likeness (QED) is 0.926. The topological polar surface area (TPSA) is 51.4 Å². The number of anilines is 2. The molecule has 1 fully saturated rings. The van der Waals surface area contributed by atoms with Crippen molar-refractivity contribution >= 4 is 23.1 Å². The molecule has 1 saturated heterocycles. The van der Waals surface area contributed by atoms with Gasteiger partial charge in [-0.2, -0.15) is 0 Å². The number of nitrogens with zero attached hydrogens (tertiary/aromatic N) is 2. The Morgan fingerprint density at radius 3 is 2.95 bits per heavy atom. The lowest BCUT2D eigenvalue weighted by Gasteiger charge is -2.30.